The third-order valence-corrected chi connectivity index (χ3v) is 3.67. The minimum absolute atomic E-state index is 0.279. The molecule has 0 heterocycles. The van der Waals surface area contributed by atoms with Gasteiger partial charge in [-0.05, 0) is 18.9 Å². The third-order valence-electron chi connectivity index (χ3n) is 3.67. The fraction of sp³-hybridized carbons (Fsp3) is 0.438. The van der Waals surface area contributed by atoms with E-state index in [4.69, 9.17) is 10.5 Å². The van der Waals surface area contributed by atoms with E-state index in [1.165, 1.54) is 6.92 Å². The van der Waals surface area contributed by atoms with Crippen LogP contribution in [-0.2, 0) is 16.1 Å². The van der Waals surface area contributed by atoms with Crippen molar-refractivity contribution in [2.24, 2.45) is 11.7 Å². The molecule has 20 heavy (non-hydrogen) atoms. The van der Waals surface area contributed by atoms with Gasteiger partial charge in [-0.25, -0.2) is 0 Å². The van der Waals surface area contributed by atoms with Crippen LogP contribution in [0, 0.1) is 5.92 Å². The molecule has 3 atom stereocenters. The van der Waals surface area contributed by atoms with Crippen LogP contribution in [0.5, 0.6) is 0 Å². The second-order valence-corrected chi connectivity index (χ2v) is 5.24. The maximum absolute atomic E-state index is 11.2. The third kappa shape index (κ3) is 4.18. The Kier molecular flexibility index (Phi) is 5.92. The predicted octanol–water partition coefficient (Wildman–Crippen LogP) is 2.59. The number of carbonyl (C=O) groups is 1. The molecule has 0 unspecified atom stereocenters. The van der Waals surface area contributed by atoms with E-state index in [0.717, 1.165) is 5.56 Å². The van der Waals surface area contributed by atoms with Gasteiger partial charge in [0, 0.05) is 5.92 Å². The van der Waals surface area contributed by atoms with Gasteiger partial charge in [0.05, 0.1) is 12.7 Å². The maximum atomic E-state index is 11.2. The van der Waals surface area contributed by atoms with Crippen LogP contribution >= 0.6 is 0 Å². The summed E-state index contributed by atoms with van der Waals surface area (Å²) in [5.41, 5.74) is 5.60. The first-order valence-corrected chi connectivity index (χ1v) is 6.68. The summed E-state index contributed by atoms with van der Waals surface area (Å²) in [5, 5.41) is 9.21. The van der Waals surface area contributed by atoms with Crippen molar-refractivity contribution >= 4 is 5.97 Å². The summed E-state index contributed by atoms with van der Waals surface area (Å²) in [6.07, 6.45) is 2.01. The molecule has 4 heteroatoms. The summed E-state index contributed by atoms with van der Waals surface area (Å²) in [6, 6.07) is 9.75. The number of hydrogen-bond acceptors (Lipinski definition) is 3. The summed E-state index contributed by atoms with van der Waals surface area (Å²) in [6.45, 7) is 7.44. The molecular weight excluding hydrogens is 254 g/mol. The predicted molar refractivity (Wildman–Crippen MR) is 79.2 cm³/mol. The molecule has 1 aromatic rings. The maximum Gasteiger partial charge on any atom is 0.323 e. The normalized spacial score (nSPS) is 16.9. The molecule has 0 aliphatic carbocycles. The molecule has 110 valence electrons. The van der Waals surface area contributed by atoms with Crippen molar-refractivity contribution in [1.82, 2.24) is 0 Å². The van der Waals surface area contributed by atoms with Gasteiger partial charge in [-0.2, -0.15) is 0 Å². The number of hydrogen-bond donors (Lipinski definition) is 2. The number of aliphatic carboxylic acids is 1. The molecular formula is C16H23NO3. The number of rotatable bonds is 8. The molecule has 0 amide bonds. The summed E-state index contributed by atoms with van der Waals surface area (Å²) in [7, 11) is 0. The molecule has 0 spiro atoms. The molecule has 0 saturated heterocycles. The number of nitrogens with two attached hydrogens (primary N) is 1. The Bertz CT molecular complexity index is 442. The molecule has 0 aliphatic heterocycles. The Hall–Kier alpha value is -1.65. The molecule has 1 rings (SSSR count). The largest absolute Gasteiger partial charge is 0.480 e. The van der Waals surface area contributed by atoms with E-state index in [2.05, 4.69) is 6.58 Å². The van der Waals surface area contributed by atoms with Gasteiger partial charge in [-0.3, -0.25) is 4.79 Å². The van der Waals surface area contributed by atoms with Crippen LogP contribution in [-0.4, -0.2) is 22.7 Å². The number of benzene rings is 1. The van der Waals surface area contributed by atoms with Gasteiger partial charge in [0.1, 0.15) is 5.54 Å². The van der Waals surface area contributed by atoms with Crippen LogP contribution in [0.1, 0.15) is 25.8 Å². The molecule has 4 nitrogen and oxygen atoms in total. The van der Waals surface area contributed by atoms with Gasteiger partial charge >= 0.3 is 5.97 Å². The van der Waals surface area contributed by atoms with Crippen LogP contribution in [0.2, 0.25) is 0 Å². The fourth-order valence-corrected chi connectivity index (χ4v) is 1.94. The summed E-state index contributed by atoms with van der Waals surface area (Å²) in [5.74, 6) is -1.36. The zero-order valence-electron chi connectivity index (χ0n) is 12.1. The van der Waals surface area contributed by atoms with Crippen molar-refractivity contribution in [3.63, 3.8) is 0 Å². The fourth-order valence-electron chi connectivity index (χ4n) is 1.94. The van der Waals surface area contributed by atoms with Crippen LogP contribution in [0.3, 0.4) is 0 Å². The highest BCUT2D eigenvalue weighted by atomic mass is 16.5. The van der Waals surface area contributed by atoms with E-state index in [1.54, 1.807) is 13.0 Å². The zero-order valence-corrected chi connectivity index (χ0v) is 12.1. The number of carboxylic acid groups (broad SMARTS) is 1. The second-order valence-electron chi connectivity index (χ2n) is 5.24. The van der Waals surface area contributed by atoms with Crippen molar-refractivity contribution in [2.45, 2.75) is 38.5 Å². The van der Waals surface area contributed by atoms with E-state index < -0.39 is 11.5 Å². The van der Waals surface area contributed by atoms with Crippen molar-refractivity contribution in [1.29, 1.82) is 0 Å². The monoisotopic (exact) mass is 277 g/mol. The lowest BCUT2D eigenvalue weighted by atomic mass is 9.82. The highest BCUT2D eigenvalue weighted by Gasteiger charge is 2.39. The van der Waals surface area contributed by atoms with Gasteiger partial charge in [0.25, 0.3) is 0 Å². The van der Waals surface area contributed by atoms with E-state index in [1.807, 2.05) is 30.3 Å². The minimum atomic E-state index is -1.33. The summed E-state index contributed by atoms with van der Waals surface area (Å²) < 4.78 is 5.85. The standard InChI is InChI=1S/C16H23NO3/c1-4-8-14(12(2)16(3,17)15(18)19)20-11-13-9-6-5-7-10-13/h4-7,9-10,12,14H,1,8,11,17H2,2-3H3,(H,18,19)/t12-,14-,16+/m1/s1. The van der Waals surface area contributed by atoms with Crippen LogP contribution < -0.4 is 5.73 Å². The SMILES string of the molecule is C=CC[C@@H](OCc1ccccc1)[C@@H](C)[C@](C)(N)C(=O)O. The minimum Gasteiger partial charge on any atom is -0.480 e. The lowest BCUT2D eigenvalue weighted by Crippen LogP contribution is -2.54. The quantitative estimate of drug-likeness (QED) is 0.716. The Balaban J connectivity index is 2.73. The van der Waals surface area contributed by atoms with Gasteiger partial charge in [0.2, 0.25) is 0 Å². The van der Waals surface area contributed by atoms with Crippen LogP contribution in [0.15, 0.2) is 43.0 Å². The zero-order chi connectivity index (χ0) is 15.2. The smallest absolute Gasteiger partial charge is 0.323 e. The number of ether oxygens (including phenoxy) is 1. The van der Waals surface area contributed by atoms with Crippen molar-refractivity contribution in [3.05, 3.63) is 48.6 Å². The van der Waals surface area contributed by atoms with E-state index >= 15 is 0 Å². The molecule has 1 aromatic carbocycles. The average molecular weight is 277 g/mol. The molecule has 0 saturated carbocycles. The van der Waals surface area contributed by atoms with Gasteiger partial charge in [-0.15, -0.1) is 6.58 Å². The van der Waals surface area contributed by atoms with Crippen molar-refractivity contribution < 1.29 is 14.6 Å². The lowest BCUT2D eigenvalue weighted by Gasteiger charge is -2.33. The first-order chi connectivity index (χ1) is 9.39. The lowest BCUT2D eigenvalue weighted by molar-refractivity contribution is -0.147. The van der Waals surface area contributed by atoms with Crippen molar-refractivity contribution in [3.8, 4) is 0 Å². The number of carboxylic acids is 1. The first kappa shape index (κ1) is 16.4. The van der Waals surface area contributed by atoms with E-state index in [9.17, 15) is 9.90 Å². The molecule has 0 bridgehead atoms. The molecule has 0 fully saturated rings. The van der Waals surface area contributed by atoms with Gasteiger partial charge in [0.15, 0.2) is 0 Å². The van der Waals surface area contributed by atoms with E-state index in [-0.39, 0.29) is 12.0 Å². The molecule has 0 radical (unpaired) electrons. The molecule has 0 aliphatic rings. The van der Waals surface area contributed by atoms with Crippen LogP contribution in [0.4, 0.5) is 0 Å². The Labute approximate surface area is 120 Å². The Morgan fingerprint density at radius 1 is 1.50 bits per heavy atom. The second kappa shape index (κ2) is 7.22. The van der Waals surface area contributed by atoms with Crippen LogP contribution in [0.25, 0.3) is 0 Å². The average Bonchev–Trinajstić information content (AvgIpc) is 2.43. The van der Waals surface area contributed by atoms with E-state index in [0.29, 0.717) is 13.0 Å². The summed E-state index contributed by atoms with van der Waals surface area (Å²) >= 11 is 0. The van der Waals surface area contributed by atoms with Gasteiger partial charge < -0.3 is 15.6 Å². The first-order valence-electron chi connectivity index (χ1n) is 6.68. The highest BCUT2D eigenvalue weighted by molar-refractivity contribution is 5.78. The Morgan fingerprint density at radius 2 is 2.10 bits per heavy atom. The highest BCUT2D eigenvalue weighted by Crippen LogP contribution is 2.24. The van der Waals surface area contributed by atoms with Crippen molar-refractivity contribution in [2.75, 3.05) is 0 Å². The molecule has 0 aromatic heterocycles. The topological polar surface area (TPSA) is 72.5 Å². The Morgan fingerprint density at radius 3 is 2.60 bits per heavy atom. The summed E-state index contributed by atoms with van der Waals surface area (Å²) in [4.78, 5) is 11.2. The van der Waals surface area contributed by atoms with Gasteiger partial charge in [-0.1, -0.05) is 43.3 Å². The molecule has 3 N–H and O–H groups in total.